The van der Waals surface area contributed by atoms with Crippen LogP contribution in [0.1, 0.15) is 49.7 Å². The predicted molar refractivity (Wildman–Crippen MR) is 128 cm³/mol. The molecule has 0 aliphatic rings. The van der Waals surface area contributed by atoms with E-state index in [-0.39, 0.29) is 17.5 Å². The van der Waals surface area contributed by atoms with Crippen molar-refractivity contribution in [2.75, 3.05) is 26.0 Å². The highest BCUT2D eigenvalue weighted by atomic mass is 79.9. The molecule has 0 saturated heterocycles. The topological polar surface area (TPSA) is 75.5 Å². The smallest absolute Gasteiger partial charge is 0.273 e. The first-order chi connectivity index (χ1) is 14.5. The summed E-state index contributed by atoms with van der Waals surface area (Å²) < 4.78 is 1.99. The number of Topliss-reactive ketones (excluding diaryl/α,β-unsaturated/α-hetero) is 1. The molecule has 0 aliphatic heterocycles. The highest BCUT2D eigenvalue weighted by Crippen LogP contribution is 2.37. The lowest BCUT2D eigenvalue weighted by atomic mass is 10.0. The third kappa shape index (κ3) is 5.98. The minimum absolute atomic E-state index is 0.114. The van der Waals surface area contributed by atoms with Gasteiger partial charge in [0.15, 0.2) is 16.7 Å². The molecule has 0 N–H and O–H groups in total. The number of thioether (sulfide) groups is 1. The van der Waals surface area contributed by atoms with Crippen LogP contribution in [0.15, 0.2) is 33.9 Å². The van der Waals surface area contributed by atoms with Crippen LogP contribution in [-0.4, -0.2) is 58.4 Å². The van der Waals surface area contributed by atoms with Gasteiger partial charge in [-0.1, -0.05) is 46.7 Å². The number of ketones is 1. The number of rotatable bonds is 10. The third-order valence-electron chi connectivity index (χ3n) is 4.74. The largest absolute Gasteiger partial charge is 0.343 e. The maximum absolute atomic E-state index is 13.1. The summed E-state index contributed by atoms with van der Waals surface area (Å²) in [6.45, 7) is 6.07. The van der Waals surface area contributed by atoms with E-state index in [4.69, 9.17) is 0 Å². The van der Waals surface area contributed by atoms with E-state index in [0.717, 1.165) is 16.5 Å². The zero-order chi connectivity index (χ0) is 23.3. The van der Waals surface area contributed by atoms with Crippen molar-refractivity contribution in [3.63, 3.8) is 0 Å². The number of anilines is 1. The van der Waals surface area contributed by atoms with Crippen LogP contribution in [0.5, 0.6) is 0 Å². The highest BCUT2D eigenvalue weighted by Gasteiger charge is 2.33. The summed E-state index contributed by atoms with van der Waals surface area (Å²) >= 11 is 4.80. The van der Waals surface area contributed by atoms with Crippen LogP contribution in [0.4, 0.5) is 5.82 Å². The molecule has 0 bridgehead atoms. The Bertz CT molecular complexity index is 972. The molecule has 0 spiro atoms. The SMILES string of the molecule is CCCC(=O)C(C)(C)Sc1nc(N(C)C=O)c(C(=O)N(C)C)n1Cc1cccc(Br)c1. The van der Waals surface area contributed by atoms with Crippen LogP contribution >= 0.6 is 27.7 Å². The van der Waals surface area contributed by atoms with Gasteiger partial charge in [0.25, 0.3) is 5.91 Å². The second-order valence-corrected chi connectivity index (χ2v) is 10.5. The summed E-state index contributed by atoms with van der Waals surface area (Å²) in [7, 11) is 4.88. The number of imidazole rings is 1. The van der Waals surface area contributed by atoms with Crippen molar-refractivity contribution >= 4 is 51.6 Å². The predicted octanol–water partition coefficient (Wildman–Crippen LogP) is 4.23. The van der Waals surface area contributed by atoms with Crippen molar-refractivity contribution in [2.45, 2.75) is 50.1 Å². The molecule has 0 aliphatic carbocycles. The number of amides is 2. The van der Waals surface area contributed by atoms with Gasteiger partial charge in [0.05, 0.1) is 11.3 Å². The van der Waals surface area contributed by atoms with E-state index in [2.05, 4.69) is 20.9 Å². The van der Waals surface area contributed by atoms with Gasteiger partial charge in [-0.05, 0) is 38.0 Å². The van der Waals surface area contributed by atoms with Gasteiger partial charge in [-0.15, -0.1) is 0 Å². The normalized spacial score (nSPS) is 11.3. The minimum Gasteiger partial charge on any atom is -0.343 e. The van der Waals surface area contributed by atoms with Crippen molar-refractivity contribution in [2.24, 2.45) is 0 Å². The van der Waals surface area contributed by atoms with Gasteiger partial charge in [0.2, 0.25) is 6.41 Å². The average Bonchev–Trinajstić information content (AvgIpc) is 3.04. The summed E-state index contributed by atoms with van der Waals surface area (Å²) in [5.74, 6) is 0.114. The molecule has 0 unspecified atom stereocenters. The molecular formula is C22H29BrN4O3S. The van der Waals surface area contributed by atoms with E-state index >= 15 is 0 Å². The van der Waals surface area contributed by atoms with Crippen LogP contribution in [0.2, 0.25) is 0 Å². The van der Waals surface area contributed by atoms with Crippen molar-refractivity contribution in [3.05, 3.63) is 40.0 Å². The van der Waals surface area contributed by atoms with Gasteiger partial charge in [0.1, 0.15) is 5.78 Å². The van der Waals surface area contributed by atoms with E-state index in [1.165, 1.54) is 21.6 Å². The number of aromatic nitrogens is 2. The van der Waals surface area contributed by atoms with Crippen LogP contribution in [0.25, 0.3) is 0 Å². The molecule has 168 valence electrons. The fraction of sp³-hybridized carbons (Fsp3) is 0.455. The van der Waals surface area contributed by atoms with E-state index in [0.29, 0.717) is 30.2 Å². The van der Waals surface area contributed by atoms with E-state index < -0.39 is 4.75 Å². The first-order valence-electron chi connectivity index (χ1n) is 9.98. The van der Waals surface area contributed by atoms with Gasteiger partial charge in [0, 0.05) is 32.0 Å². The number of nitrogens with zero attached hydrogens (tertiary/aromatic N) is 4. The molecule has 2 aromatic rings. The lowest BCUT2D eigenvalue weighted by Gasteiger charge is -2.23. The number of halogens is 1. The zero-order valence-corrected chi connectivity index (χ0v) is 21.2. The molecule has 2 rings (SSSR count). The van der Waals surface area contributed by atoms with Gasteiger partial charge < -0.3 is 14.4 Å². The quantitative estimate of drug-likeness (QED) is 0.354. The maximum atomic E-state index is 13.1. The lowest BCUT2D eigenvalue weighted by Crippen LogP contribution is -2.29. The molecule has 0 saturated carbocycles. The lowest BCUT2D eigenvalue weighted by molar-refractivity contribution is -0.120. The monoisotopic (exact) mass is 508 g/mol. The van der Waals surface area contributed by atoms with Crippen molar-refractivity contribution in [1.29, 1.82) is 0 Å². The van der Waals surface area contributed by atoms with Gasteiger partial charge in [-0.25, -0.2) is 4.98 Å². The Morgan fingerprint density at radius 3 is 2.48 bits per heavy atom. The second kappa shape index (κ2) is 10.5. The molecule has 31 heavy (non-hydrogen) atoms. The van der Waals surface area contributed by atoms with Gasteiger partial charge >= 0.3 is 0 Å². The molecule has 2 amide bonds. The van der Waals surface area contributed by atoms with Crippen LogP contribution in [0, 0.1) is 0 Å². The Hall–Kier alpha value is -2.13. The third-order valence-corrected chi connectivity index (χ3v) is 6.47. The van der Waals surface area contributed by atoms with Crippen molar-refractivity contribution in [1.82, 2.24) is 14.5 Å². The number of carbonyl (C=O) groups excluding carboxylic acids is 3. The van der Waals surface area contributed by atoms with Gasteiger partial charge in [-0.2, -0.15) is 0 Å². The molecule has 0 atom stereocenters. The fourth-order valence-electron chi connectivity index (χ4n) is 2.99. The van der Waals surface area contributed by atoms with Crippen LogP contribution in [-0.2, 0) is 16.1 Å². The number of carbonyl (C=O) groups is 3. The molecule has 0 fully saturated rings. The molecule has 0 radical (unpaired) electrons. The highest BCUT2D eigenvalue weighted by molar-refractivity contribution is 9.10. The molecule has 1 aromatic heterocycles. The Morgan fingerprint density at radius 2 is 1.94 bits per heavy atom. The van der Waals surface area contributed by atoms with Crippen LogP contribution in [0.3, 0.4) is 0 Å². The van der Waals surface area contributed by atoms with Crippen molar-refractivity contribution in [3.8, 4) is 0 Å². The van der Waals surface area contributed by atoms with E-state index in [1.54, 1.807) is 25.7 Å². The number of benzene rings is 1. The van der Waals surface area contributed by atoms with Gasteiger partial charge in [-0.3, -0.25) is 14.4 Å². The molecule has 1 heterocycles. The zero-order valence-electron chi connectivity index (χ0n) is 18.8. The summed E-state index contributed by atoms with van der Waals surface area (Å²) in [6, 6.07) is 7.77. The summed E-state index contributed by atoms with van der Waals surface area (Å²) in [4.78, 5) is 44.7. The number of hydrogen-bond donors (Lipinski definition) is 0. The Kier molecular flexibility index (Phi) is 8.48. The Balaban J connectivity index is 2.68. The molecule has 9 heteroatoms. The van der Waals surface area contributed by atoms with E-state index in [1.807, 2.05) is 45.0 Å². The standard InChI is InChI=1S/C22H29BrN4O3S/c1-7-9-17(29)22(2,3)31-21-24-19(26(6)14-28)18(20(30)25(4)5)27(21)13-15-10-8-11-16(23)12-15/h8,10-12,14H,7,9,13H2,1-6H3. The second-order valence-electron chi connectivity index (χ2n) is 7.98. The molecule has 7 nitrogen and oxygen atoms in total. The van der Waals surface area contributed by atoms with E-state index in [9.17, 15) is 14.4 Å². The fourth-order valence-corrected chi connectivity index (χ4v) is 4.51. The van der Waals surface area contributed by atoms with Crippen LogP contribution < -0.4 is 4.90 Å². The first-order valence-corrected chi connectivity index (χ1v) is 11.6. The Labute approximate surface area is 196 Å². The molecular weight excluding hydrogens is 480 g/mol. The van der Waals surface area contributed by atoms with Crippen molar-refractivity contribution < 1.29 is 14.4 Å². The molecule has 1 aromatic carbocycles. The average molecular weight is 509 g/mol. The Morgan fingerprint density at radius 1 is 1.26 bits per heavy atom. The number of hydrogen-bond acceptors (Lipinski definition) is 5. The maximum Gasteiger partial charge on any atom is 0.273 e. The summed E-state index contributed by atoms with van der Waals surface area (Å²) in [5, 5.41) is 0.517. The first kappa shape index (κ1) is 25.1. The summed E-state index contributed by atoms with van der Waals surface area (Å²) in [6.07, 6.45) is 1.86. The summed E-state index contributed by atoms with van der Waals surface area (Å²) in [5.41, 5.74) is 1.26. The minimum atomic E-state index is -0.730.